The lowest BCUT2D eigenvalue weighted by atomic mass is 10.1. The summed E-state index contributed by atoms with van der Waals surface area (Å²) in [5, 5.41) is 15.1. The van der Waals surface area contributed by atoms with Gasteiger partial charge in [0.05, 0.1) is 10.6 Å². The van der Waals surface area contributed by atoms with Crippen molar-refractivity contribution in [2.75, 3.05) is 0 Å². The summed E-state index contributed by atoms with van der Waals surface area (Å²) >= 11 is 0. The zero-order chi connectivity index (χ0) is 16.8. The average molecular weight is 311 g/mol. The SMILES string of the molecule is CC/C(=N\NC(=O)c1ccc(C)c([N+](=O)[O-])c1)c1ccccc1. The molecule has 2 rings (SSSR count). The second-order valence-electron chi connectivity index (χ2n) is 4.98. The lowest BCUT2D eigenvalue weighted by molar-refractivity contribution is -0.385. The van der Waals surface area contributed by atoms with Crippen LogP contribution in [0, 0.1) is 17.0 Å². The predicted molar refractivity (Wildman–Crippen MR) is 88.6 cm³/mol. The van der Waals surface area contributed by atoms with Gasteiger partial charge in [-0.1, -0.05) is 43.3 Å². The van der Waals surface area contributed by atoms with E-state index >= 15 is 0 Å². The maximum atomic E-state index is 12.1. The van der Waals surface area contributed by atoms with Crippen molar-refractivity contribution >= 4 is 17.3 Å². The van der Waals surface area contributed by atoms with Gasteiger partial charge in [0, 0.05) is 17.2 Å². The Morgan fingerprint density at radius 3 is 2.48 bits per heavy atom. The first-order valence-electron chi connectivity index (χ1n) is 7.20. The summed E-state index contributed by atoms with van der Waals surface area (Å²) in [6.07, 6.45) is 0.651. The molecule has 6 nitrogen and oxygen atoms in total. The molecule has 0 radical (unpaired) electrons. The van der Waals surface area contributed by atoms with Gasteiger partial charge >= 0.3 is 0 Å². The lowest BCUT2D eigenvalue weighted by Gasteiger charge is -2.06. The molecule has 2 aromatic rings. The van der Waals surface area contributed by atoms with Crippen molar-refractivity contribution in [3.05, 3.63) is 75.3 Å². The van der Waals surface area contributed by atoms with Crippen LogP contribution in [-0.4, -0.2) is 16.5 Å². The van der Waals surface area contributed by atoms with Crippen molar-refractivity contribution in [1.29, 1.82) is 0 Å². The summed E-state index contributed by atoms with van der Waals surface area (Å²) < 4.78 is 0. The van der Waals surface area contributed by atoms with E-state index in [1.54, 1.807) is 19.1 Å². The summed E-state index contributed by atoms with van der Waals surface area (Å²) in [6, 6.07) is 13.9. The molecular weight excluding hydrogens is 294 g/mol. The third kappa shape index (κ3) is 4.00. The molecule has 0 aliphatic rings. The van der Waals surface area contributed by atoms with E-state index in [-0.39, 0.29) is 11.3 Å². The summed E-state index contributed by atoms with van der Waals surface area (Å²) in [7, 11) is 0. The van der Waals surface area contributed by atoms with E-state index in [1.165, 1.54) is 6.07 Å². The molecule has 0 unspecified atom stereocenters. The van der Waals surface area contributed by atoms with Crippen LogP contribution in [0.15, 0.2) is 53.6 Å². The number of hydrogen-bond acceptors (Lipinski definition) is 4. The van der Waals surface area contributed by atoms with Crippen LogP contribution in [0.2, 0.25) is 0 Å². The molecule has 0 aliphatic heterocycles. The highest BCUT2D eigenvalue weighted by Gasteiger charge is 2.14. The fourth-order valence-corrected chi connectivity index (χ4v) is 2.11. The number of carbonyl (C=O) groups excluding carboxylic acids is 1. The van der Waals surface area contributed by atoms with Crippen LogP contribution < -0.4 is 5.43 Å². The summed E-state index contributed by atoms with van der Waals surface area (Å²) in [5.74, 6) is -0.477. The van der Waals surface area contributed by atoms with Crippen LogP contribution in [-0.2, 0) is 0 Å². The topological polar surface area (TPSA) is 84.6 Å². The Kier molecular flexibility index (Phi) is 5.19. The number of hydrogen-bond donors (Lipinski definition) is 1. The number of nitro groups is 1. The maximum absolute atomic E-state index is 12.1. The molecule has 0 aliphatic carbocycles. The Morgan fingerprint density at radius 1 is 1.17 bits per heavy atom. The van der Waals surface area contributed by atoms with Crippen molar-refractivity contribution in [2.24, 2.45) is 5.10 Å². The zero-order valence-corrected chi connectivity index (χ0v) is 12.9. The molecule has 6 heteroatoms. The number of benzene rings is 2. The second kappa shape index (κ2) is 7.31. The van der Waals surface area contributed by atoms with Crippen LogP contribution in [0.3, 0.4) is 0 Å². The quantitative estimate of drug-likeness (QED) is 0.521. The minimum absolute atomic E-state index is 0.0830. The maximum Gasteiger partial charge on any atom is 0.273 e. The van der Waals surface area contributed by atoms with Gasteiger partial charge in [0.15, 0.2) is 0 Å². The molecule has 0 aromatic heterocycles. The summed E-state index contributed by atoms with van der Waals surface area (Å²) in [4.78, 5) is 22.6. The molecule has 23 heavy (non-hydrogen) atoms. The minimum Gasteiger partial charge on any atom is -0.267 e. The standard InChI is InChI=1S/C17H17N3O3/c1-3-15(13-7-5-4-6-8-13)18-19-17(21)14-10-9-12(2)16(11-14)20(22)23/h4-11H,3H2,1-2H3,(H,19,21)/b18-15+. The van der Waals surface area contributed by atoms with Crippen LogP contribution >= 0.6 is 0 Å². The molecule has 0 bridgehead atoms. The van der Waals surface area contributed by atoms with Gasteiger partial charge in [0.1, 0.15) is 0 Å². The first-order chi connectivity index (χ1) is 11.0. The molecule has 0 saturated heterocycles. The molecule has 1 N–H and O–H groups in total. The first-order valence-corrected chi connectivity index (χ1v) is 7.20. The van der Waals surface area contributed by atoms with Crippen LogP contribution in [0.1, 0.15) is 34.8 Å². The monoisotopic (exact) mass is 311 g/mol. The largest absolute Gasteiger partial charge is 0.273 e. The van der Waals surface area contributed by atoms with E-state index in [4.69, 9.17) is 0 Å². The van der Waals surface area contributed by atoms with Gasteiger partial charge < -0.3 is 0 Å². The Morgan fingerprint density at radius 2 is 1.87 bits per heavy atom. The van der Waals surface area contributed by atoms with E-state index in [0.717, 1.165) is 11.3 Å². The van der Waals surface area contributed by atoms with Crippen molar-refractivity contribution in [1.82, 2.24) is 5.43 Å². The number of carbonyl (C=O) groups is 1. The molecule has 1 amide bonds. The van der Waals surface area contributed by atoms with E-state index in [9.17, 15) is 14.9 Å². The highest BCUT2D eigenvalue weighted by atomic mass is 16.6. The van der Waals surface area contributed by atoms with Gasteiger partial charge in [-0.3, -0.25) is 14.9 Å². The Labute approximate surface area is 134 Å². The van der Waals surface area contributed by atoms with Crippen molar-refractivity contribution < 1.29 is 9.72 Å². The number of rotatable bonds is 5. The Hall–Kier alpha value is -3.02. The molecule has 0 heterocycles. The highest BCUT2D eigenvalue weighted by Crippen LogP contribution is 2.19. The highest BCUT2D eigenvalue weighted by molar-refractivity contribution is 6.02. The number of amides is 1. The van der Waals surface area contributed by atoms with Gasteiger partial charge in [-0.2, -0.15) is 5.10 Å². The number of nitrogens with one attached hydrogen (secondary N) is 1. The van der Waals surface area contributed by atoms with E-state index < -0.39 is 10.8 Å². The van der Waals surface area contributed by atoms with Gasteiger partial charge in [-0.15, -0.1) is 0 Å². The normalized spacial score (nSPS) is 11.1. The molecule has 0 fully saturated rings. The van der Waals surface area contributed by atoms with Gasteiger partial charge in [-0.05, 0) is 25.0 Å². The van der Waals surface area contributed by atoms with Crippen molar-refractivity contribution in [3.8, 4) is 0 Å². The van der Waals surface area contributed by atoms with Crippen molar-refractivity contribution in [3.63, 3.8) is 0 Å². The summed E-state index contributed by atoms with van der Waals surface area (Å²) in [5.41, 5.74) is 4.75. The molecule has 0 spiro atoms. The number of nitrogens with zero attached hydrogens (tertiary/aromatic N) is 2. The van der Waals surface area contributed by atoms with E-state index in [0.29, 0.717) is 12.0 Å². The summed E-state index contributed by atoms with van der Waals surface area (Å²) in [6.45, 7) is 3.57. The fourth-order valence-electron chi connectivity index (χ4n) is 2.11. The van der Waals surface area contributed by atoms with Crippen LogP contribution in [0.5, 0.6) is 0 Å². The fraction of sp³-hybridized carbons (Fsp3) is 0.176. The van der Waals surface area contributed by atoms with Gasteiger partial charge in [0.2, 0.25) is 0 Å². The van der Waals surface area contributed by atoms with E-state index in [2.05, 4.69) is 10.5 Å². The second-order valence-corrected chi connectivity index (χ2v) is 4.98. The first kappa shape index (κ1) is 16.4. The lowest BCUT2D eigenvalue weighted by Crippen LogP contribution is -2.20. The minimum atomic E-state index is -0.503. The van der Waals surface area contributed by atoms with Crippen LogP contribution in [0.25, 0.3) is 0 Å². The van der Waals surface area contributed by atoms with Crippen LogP contribution in [0.4, 0.5) is 5.69 Å². The Balaban J connectivity index is 2.20. The molecule has 2 aromatic carbocycles. The number of nitro benzene ring substituents is 1. The third-order valence-corrected chi connectivity index (χ3v) is 3.40. The molecule has 0 saturated carbocycles. The van der Waals surface area contributed by atoms with E-state index in [1.807, 2.05) is 37.3 Å². The predicted octanol–water partition coefficient (Wildman–Crippen LogP) is 3.45. The van der Waals surface area contributed by atoms with Gasteiger partial charge in [0.25, 0.3) is 11.6 Å². The molecule has 118 valence electrons. The zero-order valence-electron chi connectivity index (χ0n) is 12.9. The molecule has 0 atom stereocenters. The average Bonchev–Trinajstić information content (AvgIpc) is 2.56. The van der Waals surface area contributed by atoms with Gasteiger partial charge in [-0.25, -0.2) is 5.43 Å². The smallest absolute Gasteiger partial charge is 0.267 e. The number of hydrazone groups is 1. The third-order valence-electron chi connectivity index (χ3n) is 3.40. The Bertz CT molecular complexity index is 755. The number of aryl methyl sites for hydroxylation is 1. The molecular formula is C17H17N3O3. The van der Waals surface area contributed by atoms with Crippen molar-refractivity contribution in [2.45, 2.75) is 20.3 Å².